The number of ether oxygens (including phenoxy) is 1. The third kappa shape index (κ3) is 3.70. The average molecular weight is 233 g/mol. The molecule has 3 heteroatoms. The van der Waals surface area contributed by atoms with Crippen molar-refractivity contribution in [3.05, 3.63) is 35.4 Å². The van der Waals surface area contributed by atoms with Crippen LogP contribution in [0.2, 0.25) is 0 Å². The summed E-state index contributed by atoms with van der Waals surface area (Å²) in [4.78, 5) is 15.8. The summed E-state index contributed by atoms with van der Waals surface area (Å²) in [5.74, 6) is -0.160. The molecule has 0 saturated heterocycles. The van der Waals surface area contributed by atoms with Crippen molar-refractivity contribution in [2.75, 3.05) is 7.11 Å². The van der Waals surface area contributed by atoms with Crippen molar-refractivity contribution in [3.8, 4) is 0 Å². The molecule has 1 aromatic rings. The van der Waals surface area contributed by atoms with Crippen LogP contribution in [0.1, 0.15) is 25.0 Å². The molecule has 92 valence electrons. The molecule has 0 aliphatic heterocycles. The van der Waals surface area contributed by atoms with E-state index in [1.54, 1.807) is 6.21 Å². The number of hydrogen-bond donors (Lipinski definition) is 0. The van der Waals surface area contributed by atoms with E-state index in [4.69, 9.17) is 4.74 Å². The minimum atomic E-state index is -0.431. The summed E-state index contributed by atoms with van der Waals surface area (Å²) in [6, 6.07) is 7.50. The molecular formula is C14H19NO2. The van der Waals surface area contributed by atoms with E-state index in [1.807, 2.05) is 45.0 Å². The summed E-state index contributed by atoms with van der Waals surface area (Å²) in [5.41, 5.74) is 2.17. The van der Waals surface area contributed by atoms with E-state index in [1.165, 1.54) is 7.11 Å². The molecule has 0 amide bonds. The van der Waals surface area contributed by atoms with Crippen molar-refractivity contribution in [1.29, 1.82) is 0 Å². The zero-order valence-electron chi connectivity index (χ0n) is 10.8. The molecule has 3 nitrogen and oxygen atoms in total. The van der Waals surface area contributed by atoms with Gasteiger partial charge in [0.25, 0.3) is 0 Å². The Morgan fingerprint density at radius 2 is 2.00 bits per heavy atom. The fourth-order valence-corrected chi connectivity index (χ4v) is 1.52. The number of hydrogen-bond acceptors (Lipinski definition) is 3. The van der Waals surface area contributed by atoms with Crippen molar-refractivity contribution in [1.82, 2.24) is 0 Å². The van der Waals surface area contributed by atoms with Crippen molar-refractivity contribution in [2.45, 2.75) is 26.8 Å². The van der Waals surface area contributed by atoms with Crippen LogP contribution in [-0.4, -0.2) is 25.3 Å². The molecule has 0 aromatic heterocycles. The first-order valence-corrected chi connectivity index (χ1v) is 5.73. The molecule has 0 aliphatic rings. The smallest absolute Gasteiger partial charge is 0.330 e. The molecular weight excluding hydrogens is 214 g/mol. The molecule has 1 atom stereocenters. The average Bonchev–Trinajstić information content (AvgIpc) is 2.30. The van der Waals surface area contributed by atoms with Gasteiger partial charge in [0, 0.05) is 6.21 Å². The maximum atomic E-state index is 11.5. The Morgan fingerprint density at radius 3 is 2.53 bits per heavy atom. The van der Waals surface area contributed by atoms with Crippen LogP contribution < -0.4 is 0 Å². The first-order valence-electron chi connectivity index (χ1n) is 5.73. The molecule has 0 heterocycles. The van der Waals surface area contributed by atoms with Gasteiger partial charge in [-0.15, -0.1) is 0 Å². The number of carbonyl (C=O) groups is 1. The van der Waals surface area contributed by atoms with Gasteiger partial charge in [-0.1, -0.05) is 38.1 Å². The van der Waals surface area contributed by atoms with Gasteiger partial charge >= 0.3 is 5.97 Å². The number of carbonyl (C=O) groups excluding carboxylic acids is 1. The third-order valence-corrected chi connectivity index (χ3v) is 2.64. The van der Waals surface area contributed by atoms with E-state index < -0.39 is 6.04 Å². The van der Waals surface area contributed by atoms with Crippen LogP contribution in [0.25, 0.3) is 0 Å². The van der Waals surface area contributed by atoms with Gasteiger partial charge in [0.1, 0.15) is 6.04 Å². The number of aryl methyl sites for hydroxylation is 1. The van der Waals surface area contributed by atoms with Gasteiger partial charge in [-0.25, -0.2) is 4.79 Å². The zero-order chi connectivity index (χ0) is 12.8. The molecule has 0 fully saturated rings. The highest BCUT2D eigenvalue weighted by molar-refractivity contribution is 5.85. The van der Waals surface area contributed by atoms with Crippen LogP contribution in [0.15, 0.2) is 29.3 Å². The monoisotopic (exact) mass is 233 g/mol. The highest BCUT2D eigenvalue weighted by atomic mass is 16.5. The molecule has 17 heavy (non-hydrogen) atoms. The molecule has 1 aromatic carbocycles. The maximum Gasteiger partial charge on any atom is 0.330 e. The predicted molar refractivity (Wildman–Crippen MR) is 69.4 cm³/mol. The summed E-state index contributed by atoms with van der Waals surface area (Å²) in [6.45, 7) is 5.93. The van der Waals surface area contributed by atoms with E-state index in [-0.39, 0.29) is 11.9 Å². The van der Waals surface area contributed by atoms with Crippen LogP contribution in [0.4, 0.5) is 0 Å². The van der Waals surface area contributed by atoms with Crippen molar-refractivity contribution in [3.63, 3.8) is 0 Å². The van der Waals surface area contributed by atoms with E-state index in [2.05, 4.69) is 4.99 Å². The number of methoxy groups -OCH3 is 1. The minimum Gasteiger partial charge on any atom is -0.467 e. The number of aliphatic imine (C=N–C) groups is 1. The first-order chi connectivity index (χ1) is 8.06. The second-order valence-electron chi connectivity index (χ2n) is 4.35. The second-order valence-corrected chi connectivity index (χ2v) is 4.35. The lowest BCUT2D eigenvalue weighted by Gasteiger charge is -2.13. The van der Waals surface area contributed by atoms with Crippen LogP contribution in [0.5, 0.6) is 0 Å². The Kier molecular flexibility index (Phi) is 4.88. The molecule has 0 N–H and O–H groups in total. The molecule has 1 unspecified atom stereocenters. The molecule has 0 spiro atoms. The summed E-state index contributed by atoms with van der Waals surface area (Å²) in [6.07, 6.45) is 1.75. The normalized spacial score (nSPS) is 13.0. The number of rotatable bonds is 4. The van der Waals surface area contributed by atoms with E-state index >= 15 is 0 Å². The third-order valence-electron chi connectivity index (χ3n) is 2.64. The summed E-state index contributed by atoms with van der Waals surface area (Å²) in [7, 11) is 1.39. The lowest BCUT2D eigenvalue weighted by molar-refractivity contribution is -0.143. The highest BCUT2D eigenvalue weighted by Gasteiger charge is 2.21. The molecule has 0 bridgehead atoms. The van der Waals surface area contributed by atoms with Crippen molar-refractivity contribution >= 4 is 12.2 Å². The van der Waals surface area contributed by atoms with Crippen LogP contribution in [0.3, 0.4) is 0 Å². The largest absolute Gasteiger partial charge is 0.467 e. The Labute approximate surface area is 103 Å². The Morgan fingerprint density at radius 1 is 1.35 bits per heavy atom. The maximum absolute atomic E-state index is 11.5. The van der Waals surface area contributed by atoms with E-state index in [0.29, 0.717) is 0 Å². The van der Waals surface area contributed by atoms with Crippen LogP contribution in [-0.2, 0) is 9.53 Å². The van der Waals surface area contributed by atoms with Crippen molar-refractivity contribution < 1.29 is 9.53 Å². The first kappa shape index (κ1) is 13.4. The zero-order valence-corrected chi connectivity index (χ0v) is 10.8. The summed E-state index contributed by atoms with van der Waals surface area (Å²) >= 11 is 0. The SMILES string of the molecule is COC(=O)C(N=Cc1ccccc1C)C(C)C. The second kappa shape index (κ2) is 6.18. The van der Waals surface area contributed by atoms with Gasteiger partial charge in [0.15, 0.2) is 0 Å². The topological polar surface area (TPSA) is 38.7 Å². The quantitative estimate of drug-likeness (QED) is 0.592. The van der Waals surface area contributed by atoms with Crippen LogP contribution >= 0.6 is 0 Å². The standard InChI is InChI=1S/C14H19NO2/c1-10(2)13(14(16)17-4)15-9-12-8-6-5-7-11(12)3/h5-10,13H,1-4H3. The Balaban J connectivity index is 2.87. The minimum absolute atomic E-state index is 0.128. The fraction of sp³-hybridized carbons (Fsp3) is 0.429. The number of nitrogens with zero attached hydrogens (tertiary/aromatic N) is 1. The van der Waals surface area contributed by atoms with Gasteiger partial charge in [-0.2, -0.15) is 0 Å². The Bertz CT molecular complexity index is 410. The number of esters is 1. The molecule has 1 rings (SSSR count). The van der Waals surface area contributed by atoms with Gasteiger partial charge in [-0.05, 0) is 24.0 Å². The fourth-order valence-electron chi connectivity index (χ4n) is 1.52. The lowest BCUT2D eigenvalue weighted by atomic mass is 10.1. The highest BCUT2D eigenvalue weighted by Crippen LogP contribution is 2.10. The predicted octanol–water partition coefficient (Wildman–Crippen LogP) is 2.61. The summed E-state index contributed by atoms with van der Waals surface area (Å²) in [5, 5.41) is 0. The summed E-state index contributed by atoms with van der Waals surface area (Å²) < 4.78 is 4.74. The molecule has 0 aliphatic carbocycles. The molecule has 0 saturated carbocycles. The number of benzene rings is 1. The Hall–Kier alpha value is -1.64. The lowest BCUT2D eigenvalue weighted by Crippen LogP contribution is -2.26. The van der Waals surface area contributed by atoms with Gasteiger partial charge in [0.2, 0.25) is 0 Å². The van der Waals surface area contributed by atoms with Gasteiger partial charge in [0.05, 0.1) is 7.11 Å². The van der Waals surface area contributed by atoms with Gasteiger partial charge in [-0.3, -0.25) is 4.99 Å². The van der Waals surface area contributed by atoms with E-state index in [9.17, 15) is 4.79 Å². The molecule has 0 radical (unpaired) electrons. The van der Waals surface area contributed by atoms with Gasteiger partial charge < -0.3 is 4.74 Å². The van der Waals surface area contributed by atoms with E-state index in [0.717, 1.165) is 11.1 Å². The van der Waals surface area contributed by atoms with Crippen molar-refractivity contribution in [2.24, 2.45) is 10.9 Å². The van der Waals surface area contributed by atoms with Crippen LogP contribution in [0, 0.1) is 12.8 Å².